The van der Waals surface area contributed by atoms with Crippen molar-refractivity contribution in [2.45, 2.75) is 24.6 Å². The van der Waals surface area contributed by atoms with Gasteiger partial charge in [0.2, 0.25) is 0 Å². The van der Waals surface area contributed by atoms with Gasteiger partial charge in [-0.05, 0) is 34.8 Å². The number of nitrogens with zero attached hydrogens (tertiary/aromatic N) is 1. The van der Waals surface area contributed by atoms with Gasteiger partial charge in [0.05, 0.1) is 17.1 Å². The summed E-state index contributed by atoms with van der Waals surface area (Å²) < 4.78 is 6.88. The summed E-state index contributed by atoms with van der Waals surface area (Å²) in [5.74, 6) is 0.897. The van der Waals surface area contributed by atoms with Crippen molar-refractivity contribution in [2.75, 3.05) is 6.61 Å². The van der Waals surface area contributed by atoms with Gasteiger partial charge in [-0.3, -0.25) is 0 Å². The molecule has 0 radical (unpaired) electrons. The summed E-state index contributed by atoms with van der Waals surface area (Å²) in [6.45, 7) is 0.642. The Hall–Kier alpha value is -0.530. The van der Waals surface area contributed by atoms with Crippen LogP contribution < -0.4 is 4.74 Å². The highest BCUT2D eigenvalue weighted by Crippen LogP contribution is 2.49. The molecule has 1 fully saturated rings. The van der Waals surface area contributed by atoms with Gasteiger partial charge in [0.25, 0.3) is 0 Å². The third-order valence-corrected chi connectivity index (χ3v) is 4.35. The molecule has 17 heavy (non-hydrogen) atoms. The molecule has 4 heteroatoms. The van der Waals surface area contributed by atoms with E-state index in [2.05, 4.69) is 37.9 Å². The molecule has 0 aliphatic heterocycles. The molecule has 0 aromatic heterocycles. The predicted molar refractivity (Wildman–Crippen MR) is 74.2 cm³/mol. The zero-order valence-electron chi connectivity index (χ0n) is 9.38. The van der Waals surface area contributed by atoms with Crippen molar-refractivity contribution in [2.24, 2.45) is 5.41 Å². The lowest BCUT2D eigenvalue weighted by Crippen LogP contribution is -2.13. The Morgan fingerprint density at radius 3 is 2.76 bits per heavy atom. The molecule has 0 N–H and O–H groups in total. The molecular formula is C13H13Br2NO. The first-order valence-corrected chi connectivity index (χ1v) is 7.45. The first kappa shape index (κ1) is 12.9. The lowest BCUT2D eigenvalue weighted by atomic mass is 10.1. The Bertz CT molecular complexity index is 449. The standard InChI is InChI=1S/C13H13Br2NO/c14-8-10-2-1-3-11(15)12(10)17-9-13(4-5-13)6-7-16/h1-3H,4-6,8-9H2. The van der Waals surface area contributed by atoms with Crippen LogP contribution in [0.3, 0.4) is 0 Å². The van der Waals surface area contributed by atoms with Crippen LogP contribution in [0.15, 0.2) is 22.7 Å². The minimum Gasteiger partial charge on any atom is -0.491 e. The summed E-state index contributed by atoms with van der Waals surface area (Å²) in [6, 6.07) is 8.26. The van der Waals surface area contributed by atoms with Crippen molar-refractivity contribution in [3.05, 3.63) is 28.2 Å². The fourth-order valence-corrected chi connectivity index (χ4v) is 2.73. The largest absolute Gasteiger partial charge is 0.491 e. The molecule has 0 heterocycles. The van der Waals surface area contributed by atoms with E-state index in [1.807, 2.05) is 18.2 Å². The number of halogens is 2. The highest BCUT2D eigenvalue weighted by atomic mass is 79.9. The molecule has 2 rings (SSSR count). The maximum absolute atomic E-state index is 8.77. The molecule has 1 aliphatic rings. The smallest absolute Gasteiger partial charge is 0.137 e. The average molecular weight is 359 g/mol. The number of hydrogen-bond donors (Lipinski definition) is 0. The third-order valence-electron chi connectivity index (χ3n) is 3.13. The number of hydrogen-bond acceptors (Lipinski definition) is 2. The molecule has 0 unspecified atom stereocenters. The van der Waals surface area contributed by atoms with Crippen molar-refractivity contribution in [1.82, 2.24) is 0 Å². The molecule has 90 valence electrons. The minimum atomic E-state index is 0.119. The van der Waals surface area contributed by atoms with Gasteiger partial charge in [-0.25, -0.2) is 0 Å². The van der Waals surface area contributed by atoms with E-state index in [1.54, 1.807) is 0 Å². The Morgan fingerprint density at radius 2 is 2.18 bits per heavy atom. The van der Waals surface area contributed by atoms with Gasteiger partial charge in [-0.15, -0.1) is 0 Å². The summed E-state index contributed by atoms with van der Waals surface area (Å²) in [4.78, 5) is 0. The van der Waals surface area contributed by atoms with Gasteiger partial charge in [0, 0.05) is 22.7 Å². The Labute approximate surface area is 118 Å². The van der Waals surface area contributed by atoms with Crippen LogP contribution in [0.25, 0.3) is 0 Å². The van der Waals surface area contributed by atoms with E-state index in [0.29, 0.717) is 13.0 Å². The molecule has 0 bridgehead atoms. The minimum absolute atomic E-state index is 0.119. The van der Waals surface area contributed by atoms with Gasteiger partial charge in [0.15, 0.2) is 0 Å². The summed E-state index contributed by atoms with van der Waals surface area (Å²) >= 11 is 6.96. The predicted octanol–water partition coefficient (Wildman–Crippen LogP) is 4.42. The highest BCUT2D eigenvalue weighted by molar-refractivity contribution is 9.10. The van der Waals surface area contributed by atoms with Gasteiger partial charge in [0.1, 0.15) is 5.75 Å². The molecule has 0 amide bonds. The summed E-state index contributed by atoms with van der Waals surface area (Å²) in [6.07, 6.45) is 2.81. The molecule has 2 nitrogen and oxygen atoms in total. The van der Waals surface area contributed by atoms with Crippen LogP contribution in [0, 0.1) is 16.7 Å². The van der Waals surface area contributed by atoms with Crippen LogP contribution >= 0.6 is 31.9 Å². The molecule has 1 saturated carbocycles. The fraction of sp³-hybridized carbons (Fsp3) is 0.462. The van der Waals surface area contributed by atoms with Crippen molar-refractivity contribution >= 4 is 31.9 Å². The van der Waals surface area contributed by atoms with Crippen molar-refractivity contribution in [3.63, 3.8) is 0 Å². The number of benzene rings is 1. The van der Waals surface area contributed by atoms with E-state index >= 15 is 0 Å². The molecule has 0 spiro atoms. The molecule has 0 atom stereocenters. The molecule has 1 aliphatic carbocycles. The van der Waals surface area contributed by atoms with E-state index in [0.717, 1.165) is 34.0 Å². The van der Waals surface area contributed by atoms with Gasteiger partial charge in [-0.2, -0.15) is 5.26 Å². The van der Waals surface area contributed by atoms with Crippen LogP contribution in [0.2, 0.25) is 0 Å². The second kappa shape index (κ2) is 5.41. The zero-order chi connectivity index (χ0) is 12.3. The quantitative estimate of drug-likeness (QED) is 0.730. The van der Waals surface area contributed by atoms with Crippen LogP contribution in [0.1, 0.15) is 24.8 Å². The number of nitriles is 1. The fourth-order valence-electron chi connectivity index (χ4n) is 1.76. The lowest BCUT2D eigenvalue weighted by Gasteiger charge is -2.16. The second-order valence-corrected chi connectivity index (χ2v) is 5.90. The maximum Gasteiger partial charge on any atom is 0.137 e. The Kier molecular flexibility index (Phi) is 4.11. The number of rotatable bonds is 5. The number of para-hydroxylation sites is 1. The number of ether oxygens (including phenoxy) is 1. The summed E-state index contributed by atoms with van der Waals surface area (Å²) in [5.41, 5.74) is 1.25. The van der Waals surface area contributed by atoms with E-state index < -0.39 is 0 Å². The lowest BCUT2D eigenvalue weighted by molar-refractivity contribution is 0.234. The normalized spacial score (nSPS) is 16.3. The second-order valence-electron chi connectivity index (χ2n) is 4.49. The monoisotopic (exact) mass is 357 g/mol. The van der Waals surface area contributed by atoms with E-state index in [1.165, 1.54) is 0 Å². The van der Waals surface area contributed by atoms with Crippen molar-refractivity contribution in [1.29, 1.82) is 5.26 Å². The number of alkyl halides is 1. The van der Waals surface area contributed by atoms with E-state index in [-0.39, 0.29) is 5.41 Å². The SMILES string of the molecule is N#CCC1(COc2c(Br)cccc2CBr)CC1. The molecule has 1 aromatic carbocycles. The summed E-state index contributed by atoms with van der Waals surface area (Å²) in [7, 11) is 0. The topological polar surface area (TPSA) is 33.0 Å². The van der Waals surface area contributed by atoms with Gasteiger partial charge in [-0.1, -0.05) is 28.1 Å². The highest BCUT2D eigenvalue weighted by Gasteiger charge is 2.43. The Balaban J connectivity index is 2.07. The first-order valence-electron chi connectivity index (χ1n) is 5.54. The van der Waals surface area contributed by atoms with Crippen LogP contribution in [0.5, 0.6) is 5.75 Å². The summed E-state index contributed by atoms with van der Waals surface area (Å²) in [5, 5.41) is 9.54. The first-order chi connectivity index (χ1) is 8.21. The van der Waals surface area contributed by atoms with E-state index in [4.69, 9.17) is 10.00 Å². The third kappa shape index (κ3) is 3.02. The van der Waals surface area contributed by atoms with Crippen molar-refractivity contribution < 1.29 is 4.74 Å². The van der Waals surface area contributed by atoms with Gasteiger partial charge >= 0.3 is 0 Å². The van der Waals surface area contributed by atoms with E-state index in [9.17, 15) is 0 Å². The van der Waals surface area contributed by atoms with Crippen LogP contribution in [0.4, 0.5) is 0 Å². The molecule has 1 aromatic rings. The van der Waals surface area contributed by atoms with Crippen molar-refractivity contribution in [3.8, 4) is 11.8 Å². The average Bonchev–Trinajstić information content (AvgIpc) is 3.08. The van der Waals surface area contributed by atoms with Gasteiger partial charge < -0.3 is 4.74 Å². The molecular weight excluding hydrogens is 346 g/mol. The Morgan fingerprint density at radius 1 is 1.41 bits per heavy atom. The van der Waals surface area contributed by atoms with Crippen LogP contribution in [-0.2, 0) is 5.33 Å². The zero-order valence-corrected chi connectivity index (χ0v) is 12.6. The molecule has 0 saturated heterocycles. The van der Waals surface area contributed by atoms with Crippen LogP contribution in [-0.4, -0.2) is 6.61 Å². The maximum atomic E-state index is 8.77.